The molecule has 38 heavy (non-hydrogen) atoms. The highest BCUT2D eigenvalue weighted by Crippen LogP contribution is 2.39. The highest BCUT2D eigenvalue weighted by Gasteiger charge is 2.17. The molecule has 8 bridgehead atoms. The number of aromatic amines is 2. The summed E-state index contributed by atoms with van der Waals surface area (Å²) in [7, 11) is 0. The Kier molecular flexibility index (Phi) is 5.50. The first-order chi connectivity index (χ1) is 18.6. The highest BCUT2D eigenvalue weighted by molar-refractivity contribution is 6.39. The normalized spacial score (nSPS) is 12.3. The van der Waals surface area contributed by atoms with Crippen LogP contribution in [-0.4, -0.2) is 19.9 Å². The topological polar surface area (TPSA) is 57.4 Å². The lowest BCUT2D eigenvalue weighted by atomic mass is 10.0. The van der Waals surface area contributed by atoms with E-state index >= 15 is 0 Å². The lowest BCUT2D eigenvalue weighted by Gasteiger charge is -2.08. The minimum absolute atomic E-state index is 0.566. The van der Waals surface area contributed by atoms with Crippen LogP contribution in [-0.2, 0) is 0 Å². The molecule has 2 N–H and O–H groups in total. The van der Waals surface area contributed by atoms with E-state index in [-0.39, 0.29) is 0 Å². The van der Waals surface area contributed by atoms with Crippen LogP contribution in [0.5, 0.6) is 0 Å². The van der Waals surface area contributed by atoms with E-state index in [1.807, 2.05) is 78.9 Å². The van der Waals surface area contributed by atoms with Crippen molar-refractivity contribution in [1.82, 2.24) is 19.9 Å². The smallest absolute Gasteiger partial charge is 0.0738 e. The number of halogens is 2. The van der Waals surface area contributed by atoms with Gasteiger partial charge in [0, 0.05) is 38.8 Å². The molecule has 0 unspecified atom stereocenters. The largest absolute Gasteiger partial charge is 0.355 e. The molecule has 0 amide bonds. The number of rotatable bonds is 2. The average molecular weight is 531 g/mol. The number of fused-ring (bicyclic) bond motifs is 8. The summed E-state index contributed by atoms with van der Waals surface area (Å²) in [6.07, 6.45) is 8.10. The molecule has 2 aliphatic heterocycles. The lowest BCUT2D eigenvalue weighted by Crippen LogP contribution is -1.88. The maximum absolute atomic E-state index is 6.68. The number of benzene rings is 2. The molecule has 0 saturated heterocycles. The van der Waals surface area contributed by atoms with Crippen molar-refractivity contribution in [3.05, 3.63) is 118 Å². The Morgan fingerprint density at radius 2 is 1.05 bits per heavy atom. The zero-order valence-corrected chi connectivity index (χ0v) is 21.6. The summed E-state index contributed by atoms with van der Waals surface area (Å²) in [5.74, 6) is 0. The van der Waals surface area contributed by atoms with Gasteiger partial charge in [-0.1, -0.05) is 59.6 Å². The second-order valence-corrected chi connectivity index (χ2v) is 9.98. The molecule has 4 nitrogen and oxygen atoms in total. The van der Waals surface area contributed by atoms with Crippen molar-refractivity contribution in [1.29, 1.82) is 0 Å². The average Bonchev–Trinajstić information content (AvgIpc) is 3.72. The van der Waals surface area contributed by atoms with Crippen molar-refractivity contribution in [2.75, 3.05) is 0 Å². The van der Waals surface area contributed by atoms with Crippen molar-refractivity contribution in [3.8, 4) is 22.3 Å². The van der Waals surface area contributed by atoms with Crippen molar-refractivity contribution >= 4 is 69.6 Å². The zero-order valence-electron chi connectivity index (χ0n) is 20.0. The van der Waals surface area contributed by atoms with E-state index in [1.165, 1.54) is 0 Å². The first-order valence-electron chi connectivity index (χ1n) is 12.2. The van der Waals surface area contributed by atoms with Gasteiger partial charge in [-0.2, -0.15) is 0 Å². The van der Waals surface area contributed by atoms with Crippen molar-refractivity contribution in [3.63, 3.8) is 0 Å². The zero-order chi connectivity index (χ0) is 25.6. The first kappa shape index (κ1) is 22.8. The van der Waals surface area contributed by atoms with Gasteiger partial charge in [0.15, 0.2) is 0 Å². The van der Waals surface area contributed by atoms with Gasteiger partial charge in [-0.25, -0.2) is 9.97 Å². The van der Waals surface area contributed by atoms with Gasteiger partial charge in [0.05, 0.1) is 32.8 Å². The number of hydrogen-bond acceptors (Lipinski definition) is 2. The predicted molar refractivity (Wildman–Crippen MR) is 160 cm³/mol. The molecule has 0 fully saturated rings. The molecule has 0 aliphatic carbocycles. The molecule has 0 atom stereocenters. The molecule has 7 rings (SSSR count). The van der Waals surface area contributed by atoms with E-state index in [0.29, 0.717) is 10.0 Å². The monoisotopic (exact) mass is 530 g/mol. The van der Waals surface area contributed by atoms with Crippen LogP contribution in [0.3, 0.4) is 0 Å². The van der Waals surface area contributed by atoms with Gasteiger partial charge in [-0.3, -0.25) is 0 Å². The molecular weight excluding hydrogens is 511 g/mol. The maximum Gasteiger partial charge on any atom is 0.0738 e. The summed E-state index contributed by atoms with van der Waals surface area (Å²) in [5, 5.41) is 1.13. The molecule has 0 saturated carbocycles. The van der Waals surface area contributed by atoms with E-state index in [2.05, 4.69) is 40.3 Å². The van der Waals surface area contributed by atoms with Crippen LogP contribution in [0, 0.1) is 0 Å². The van der Waals surface area contributed by atoms with Crippen molar-refractivity contribution in [2.24, 2.45) is 0 Å². The summed E-state index contributed by atoms with van der Waals surface area (Å²) in [5.41, 5.74) is 10.8. The lowest BCUT2D eigenvalue weighted by molar-refractivity contribution is 1.31. The van der Waals surface area contributed by atoms with Crippen LogP contribution >= 0.6 is 23.2 Å². The molecule has 6 heteroatoms. The van der Waals surface area contributed by atoms with E-state index in [4.69, 9.17) is 33.2 Å². The Bertz CT molecular complexity index is 1930. The van der Waals surface area contributed by atoms with Crippen LogP contribution in [0.4, 0.5) is 0 Å². The SMILES string of the molecule is Clc1cccc(Cl)c1-c1c2nc(cc3ccc([nH]3)c(-c3ccccc3)c3nc(cc4ccc1[nH]4)C=C3)C=C2. The Morgan fingerprint density at radius 3 is 1.66 bits per heavy atom. The van der Waals surface area contributed by atoms with Gasteiger partial charge in [0.1, 0.15) is 0 Å². The third-order valence-corrected chi connectivity index (χ3v) is 7.30. The Morgan fingerprint density at radius 1 is 0.500 bits per heavy atom. The summed E-state index contributed by atoms with van der Waals surface area (Å²) in [4.78, 5) is 17.0. The second-order valence-electron chi connectivity index (χ2n) is 9.17. The van der Waals surface area contributed by atoms with Crippen LogP contribution in [0.2, 0.25) is 10.0 Å². The molecule has 5 aromatic rings. The minimum Gasteiger partial charge on any atom is -0.355 e. The van der Waals surface area contributed by atoms with Crippen LogP contribution in [0.15, 0.2) is 84.9 Å². The van der Waals surface area contributed by atoms with Gasteiger partial charge >= 0.3 is 0 Å². The van der Waals surface area contributed by atoms with E-state index in [9.17, 15) is 0 Å². The molecule has 5 heterocycles. The van der Waals surface area contributed by atoms with E-state index < -0.39 is 0 Å². The van der Waals surface area contributed by atoms with Gasteiger partial charge in [0.2, 0.25) is 0 Å². The molecule has 0 radical (unpaired) electrons. The molecule has 2 aromatic carbocycles. The van der Waals surface area contributed by atoms with Gasteiger partial charge in [-0.15, -0.1) is 0 Å². The number of nitrogens with zero attached hydrogens (tertiary/aromatic N) is 2. The maximum atomic E-state index is 6.68. The third kappa shape index (κ3) is 4.04. The summed E-state index contributed by atoms with van der Waals surface area (Å²) >= 11 is 13.4. The first-order valence-corrected chi connectivity index (χ1v) is 13.0. The fourth-order valence-electron chi connectivity index (χ4n) is 4.98. The fraction of sp³-hybridized carbons (Fsp3) is 0. The summed E-state index contributed by atoms with van der Waals surface area (Å²) in [6, 6.07) is 28.1. The van der Waals surface area contributed by atoms with Gasteiger partial charge < -0.3 is 9.97 Å². The number of hydrogen-bond donors (Lipinski definition) is 2. The molecule has 182 valence electrons. The van der Waals surface area contributed by atoms with Crippen LogP contribution in [0.25, 0.3) is 68.6 Å². The van der Waals surface area contributed by atoms with Gasteiger partial charge in [0.25, 0.3) is 0 Å². The quantitative estimate of drug-likeness (QED) is 0.234. The standard InChI is InChI=1S/C32H20Cl2N4/c33-24-7-4-8-25(34)31(24)32-28-15-11-22(37-28)17-20-9-13-26(35-20)30(19-5-2-1-3-6-19)27-14-10-21(36-27)18-23-12-16-29(32)38-23/h1-18,35,38H. The summed E-state index contributed by atoms with van der Waals surface area (Å²) < 4.78 is 0. The predicted octanol–water partition coefficient (Wildman–Crippen LogP) is 9.30. The van der Waals surface area contributed by atoms with E-state index in [0.717, 1.165) is 67.1 Å². The highest BCUT2D eigenvalue weighted by atomic mass is 35.5. The third-order valence-electron chi connectivity index (χ3n) is 6.67. The van der Waals surface area contributed by atoms with Crippen molar-refractivity contribution < 1.29 is 0 Å². The molecule has 0 spiro atoms. The van der Waals surface area contributed by atoms with Gasteiger partial charge in [-0.05, 0) is 78.4 Å². The van der Waals surface area contributed by atoms with E-state index in [1.54, 1.807) is 0 Å². The van der Waals surface area contributed by atoms with Crippen LogP contribution < -0.4 is 0 Å². The number of H-pyrrole nitrogens is 2. The van der Waals surface area contributed by atoms with Crippen molar-refractivity contribution in [2.45, 2.75) is 0 Å². The number of aromatic nitrogens is 4. The molecule has 2 aliphatic rings. The van der Waals surface area contributed by atoms with Crippen LogP contribution in [0.1, 0.15) is 22.8 Å². The molecule has 3 aromatic heterocycles. The Hall–Kier alpha value is -4.38. The Labute approximate surface area is 229 Å². The Balaban J connectivity index is 1.60. The fourth-order valence-corrected chi connectivity index (χ4v) is 5.57. The molecular formula is C32H20Cl2N4. The second kappa shape index (κ2) is 9.18. The summed E-state index contributed by atoms with van der Waals surface area (Å²) in [6.45, 7) is 0. The number of nitrogens with one attached hydrogen (secondary N) is 2. The minimum atomic E-state index is 0.566.